The molecule has 6 nitrogen and oxygen atoms in total. The van der Waals surface area contributed by atoms with Crippen LogP contribution < -0.4 is 10.1 Å². The van der Waals surface area contributed by atoms with Gasteiger partial charge >= 0.3 is 0 Å². The number of benzene rings is 3. The van der Waals surface area contributed by atoms with E-state index in [1.165, 1.54) is 11.1 Å². The van der Waals surface area contributed by atoms with Gasteiger partial charge in [-0.3, -0.25) is 4.79 Å². The summed E-state index contributed by atoms with van der Waals surface area (Å²) in [6.45, 7) is 4.87. The molecule has 0 saturated heterocycles. The van der Waals surface area contributed by atoms with E-state index in [-0.39, 0.29) is 11.7 Å². The predicted molar refractivity (Wildman–Crippen MR) is 150 cm³/mol. The highest BCUT2D eigenvalue weighted by molar-refractivity contribution is 5.98. The Morgan fingerprint density at radius 3 is 2.14 bits per heavy atom. The van der Waals surface area contributed by atoms with Gasteiger partial charge in [-0.25, -0.2) is 0 Å². The molecule has 0 aromatic heterocycles. The Morgan fingerprint density at radius 2 is 1.51 bits per heavy atom. The van der Waals surface area contributed by atoms with Gasteiger partial charge in [-0.05, 0) is 65.6 Å². The first-order valence-electron chi connectivity index (χ1n) is 12.8. The monoisotopic (exact) mass is 502 g/mol. The van der Waals surface area contributed by atoms with Crippen molar-refractivity contribution in [2.75, 3.05) is 47.0 Å². The Labute approximate surface area is 220 Å². The minimum absolute atomic E-state index is 0.0417. The highest BCUT2D eigenvalue weighted by Crippen LogP contribution is 2.35. The van der Waals surface area contributed by atoms with Crippen LogP contribution in [0.1, 0.15) is 36.5 Å². The van der Waals surface area contributed by atoms with Crippen LogP contribution in [0.3, 0.4) is 0 Å². The number of hydrogen-bond donors (Lipinski definition) is 2. The number of aromatic hydroxyl groups is 1. The van der Waals surface area contributed by atoms with E-state index < -0.39 is 0 Å². The number of likely N-dealkylation sites (N-methyl/N-ethyl adjacent to an activating group) is 2. The zero-order chi connectivity index (χ0) is 26.5. The summed E-state index contributed by atoms with van der Waals surface area (Å²) in [4.78, 5) is 13.9. The van der Waals surface area contributed by atoms with Crippen molar-refractivity contribution in [3.63, 3.8) is 0 Å². The van der Waals surface area contributed by atoms with Crippen LogP contribution in [0.15, 0.2) is 78.9 Å². The fraction of sp³-hybridized carbons (Fsp3) is 0.323. The SMILES string of the molecule is CC/C(=C(\c1ccc(O)cc1)c1ccc(OCCN(C)C(=O)CCOCCNC)cc1)c1ccccc1. The van der Waals surface area contributed by atoms with Crippen molar-refractivity contribution in [3.8, 4) is 11.5 Å². The van der Waals surface area contributed by atoms with E-state index in [0.29, 0.717) is 32.8 Å². The minimum atomic E-state index is 0.0417. The van der Waals surface area contributed by atoms with E-state index in [9.17, 15) is 9.90 Å². The highest BCUT2D eigenvalue weighted by Gasteiger charge is 2.14. The van der Waals surface area contributed by atoms with Gasteiger partial charge < -0.3 is 24.8 Å². The van der Waals surface area contributed by atoms with Gasteiger partial charge in [-0.15, -0.1) is 0 Å². The van der Waals surface area contributed by atoms with E-state index in [4.69, 9.17) is 9.47 Å². The lowest BCUT2D eigenvalue weighted by atomic mass is 9.88. The molecule has 1 amide bonds. The van der Waals surface area contributed by atoms with Crippen LogP contribution in [0, 0.1) is 0 Å². The second-order valence-corrected chi connectivity index (χ2v) is 8.77. The first-order valence-corrected chi connectivity index (χ1v) is 12.8. The molecule has 0 heterocycles. The third kappa shape index (κ3) is 8.48. The fourth-order valence-corrected chi connectivity index (χ4v) is 4.08. The molecule has 2 N–H and O–H groups in total. The van der Waals surface area contributed by atoms with Crippen molar-refractivity contribution in [2.24, 2.45) is 0 Å². The third-order valence-electron chi connectivity index (χ3n) is 6.15. The second-order valence-electron chi connectivity index (χ2n) is 8.77. The first kappa shape index (κ1) is 28.0. The number of phenolic OH excluding ortho intramolecular Hbond substituents is 1. The Bertz CT molecular complexity index is 1130. The zero-order valence-corrected chi connectivity index (χ0v) is 22.1. The standard InChI is InChI=1S/C31H38N2O4/c1-4-29(24-8-6-5-7-9-24)31(25-10-14-27(34)15-11-25)26-12-16-28(17-13-26)37-23-20-33(3)30(35)18-21-36-22-19-32-2/h5-17,32,34H,4,18-23H2,1-3H3/b31-29-. The van der Waals surface area contributed by atoms with E-state index in [1.807, 2.05) is 37.4 Å². The van der Waals surface area contributed by atoms with Gasteiger partial charge in [0.2, 0.25) is 5.91 Å². The normalized spacial score (nSPS) is 11.6. The molecule has 0 atom stereocenters. The molecule has 0 spiro atoms. The summed E-state index contributed by atoms with van der Waals surface area (Å²) in [6, 6.07) is 25.8. The molecule has 0 unspecified atom stereocenters. The van der Waals surface area contributed by atoms with Crippen LogP contribution in [0.2, 0.25) is 0 Å². The molecule has 196 valence electrons. The summed E-state index contributed by atoms with van der Waals surface area (Å²) in [7, 11) is 3.65. The number of nitrogens with zero attached hydrogens (tertiary/aromatic N) is 1. The van der Waals surface area contributed by atoms with Gasteiger partial charge in [0.1, 0.15) is 18.1 Å². The minimum Gasteiger partial charge on any atom is -0.508 e. The lowest BCUT2D eigenvalue weighted by molar-refractivity contribution is -0.131. The maximum atomic E-state index is 12.3. The topological polar surface area (TPSA) is 71.0 Å². The summed E-state index contributed by atoms with van der Waals surface area (Å²) < 4.78 is 11.4. The van der Waals surface area contributed by atoms with E-state index in [0.717, 1.165) is 35.4 Å². The van der Waals surface area contributed by atoms with Crippen LogP contribution >= 0.6 is 0 Å². The van der Waals surface area contributed by atoms with Gasteiger partial charge in [0.15, 0.2) is 0 Å². The van der Waals surface area contributed by atoms with E-state index in [2.05, 4.69) is 48.6 Å². The summed E-state index contributed by atoms with van der Waals surface area (Å²) >= 11 is 0. The predicted octanol–water partition coefficient (Wildman–Crippen LogP) is 5.22. The largest absolute Gasteiger partial charge is 0.508 e. The molecular weight excluding hydrogens is 464 g/mol. The van der Waals surface area contributed by atoms with Crippen LogP contribution in [0.25, 0.3) is 11.1 Å². The molecular formula is C31H38N2O4. The Balaban J connectivity index is 1.68. The molecule has 0 radical (unpaired) electrons. The van der Waals surface area contributed by atoms with Crippen molar-refractivity contribution < 1.29 is 19.4 Å². The maximum Gasteiger partial charge on any atom is 0.224 e. The molecule has 0 bridgehead atoms. The number of carbonyl (C=O) groups is 1. The molecule has 3 rings (SSSR count). The van der Waals surface area contributed by atoms with Crippen LogP contribution in [0.5, 0.6) is 11.5 Å². The first-order chi connectivity index (χ1) is 18.0. The highest BCUT2D eigenvalue weighted by atomic mass is 16.5. The Kier molecular flexibility index (Phi) is 11.2. The second kappa shape index (κ2) is 14.8. The zero-order valence-electron chi connectivity index (χ0n) is 22.1. The van der Waals surface area contributed by atoms with Gasteiger partial charge in [0.05, 0.1) is 26.2 Å². The molecule has 0 aliphatic carbocycles. The number of amides is 1. The van der Waals surface area contributed by atoms with Crippen molar-refractivity contribution in [3.05, 3.63) is 95.6 Å². The van der Waals surface area contributed by atoms with Gasteiger partial charge in [0.25, 0.3) is 0 Å². The summed E-state index contributed by atoms with van der Waals surface area (Å²) in [6.07, 6.45) is 1.22. The summed E-state index contributed by atoms with van der Waals surface area (Å²) in [5, 5.41) is 12.8. The fourth-order valence-electron chi connectivity index (χ4n) is 4.08. The number of carbonyl (C=O) groups excluding carboxylic acids is 1. The third-order valence-corrected chi connectivity index (χ3v) is 6.15. The van der Waals surface area contributed by atoms with Crippen molar-refractivity contribution in [1.29, 1.82) is 0 Å². The van der Waals surface area contributed by atoms with Crippen LogP contribution in [-0.2, 0) is 9.53 Å². The van der Waals surface area contributed by atoms with Gasteiger partial charge in [-0.1, -0.05) is 61.5 Å². The molecule has 0 saturated carbocycles. The number of hydrogen-bond acceptors (Lipinski definition) is 5. The van der Waals surface area contributed by atoms with E-state index >= 15 is 0 Å². The number of phenols is 1. The quantitative estimate of drug-likeness (QED) is 0.234. The molecule has 37 heavy (non-hydrogen) atoms. The van der Waals surface area contributed by atoms with Crippen molar-refractivity contribution in [2.45, 2.75) is 19.8 Å². The summed E-state index contributed by atoms with van der Waals surface area (Å²) in [5.41, 5.74) is 5.65. The number of ether oxygens (including phenoxy) is 2. The smallest absolute Gasteiger partial charge is 0.224 e. The average Bonchev–Trinajstić information content (AvgIpc) is 2.93. The molecule has 0 fully saturated rings. The van der Waals surface area contributed by atoms with Crippen LogP contribution in [-0.4, -0.2) is 62.9 Å². The molecule has 0 aliphatic rings. The molecule has 3 aromatic rings. The number of allylic oxidation sites excluding steroid dienone is 1. The van der Waals surface area contributed by atoms with Crippen molar-refractivity contribution in [1.82, 2.24) is 10.2 Å². The Hall–Kier alpha value is -3.61. The van der Waals surface area contributed by atoms with Gasteiger partial charge in [-0.2, -0.15) is 0 Å². The maximum absolute atomic E-state index is 12.3. The Morgan fingerprint density at radius 1 is 0.865 bits per heavy atom. The number of nitrogens with one attached hydrogen (secondary N) is 1. The lowest BCUT2D eigenvalue weighted by Crippen LogP contribution is -2.31. The lowest BCUT2D eigenvalue weighted by Gasteiger charge is -2.18. The number of rotatable bonds is 14. The average molecular weight is 503 g/mol. The summed E-state index contributed by atoms with van der Waals surface area (Å²) in [5.74, 6) is 1.04. The van der Waals surface area contributed by atoms with E-state index in [1.54, 1.807) is 24.1 Å². The molecule has 3 aromatic carbocycles. The molecule has 0 aliphatic heterocycles. The van der Waals surface area contributed by atoms with Crippen molar-refractivity contribution >= 4 is 17.1 Å². The van der Waals surface area contributed by atoms with Crippen LogP contribution in [0.4, 0.5) is 0 Å². The van der Waals surface area contributed by atoms with Gasteiger partial charge in [0, 0.05) is 13.6 Å². The molecule has 6 heteroatoms.